The quantitative estimate of drug-likeness (QED) is 0.771. The van der Waals surface area contributed by atoms with E-state index in [1.807, 2.05) is 18.2 Å². The third-order valence-electron chi connectivity index (χ3n) is 3.88. The van der Waals surface area contributed by atoms with E-state index in [-0.39, 0.29) is 0 Å². The van der Waals surface area contributed by atoms with Gasteiger partial charge in [-0.3, -0.25) is 4.90 Å². The number of hydrogen-bond donors (Lipinski definition) is 1. The highest BCUT2D eigenvalue weighted by molar-refractivity contribution is 5.33. The first-order valence-electron chi connectivity index (χ1n) is 7.44. The number of nitrogens with zero attached hydrogens (tertiary/aromatic N) is 1. The van der Waals surface area contributed by atoms with Gasteiger partial charge in [0.1, 0.15) is 12.4 Å². The van der Waals surface area contributed by atoms with Gasteiger partial charge in [-0.2, -0.15) is 0 Å². The normalized spacial score (nSPS) is 18.9. The minimum absolute atomic E-state index is 0.323. The summed E-state index contributed by atoms with van der Waals surface area (Å²) in [5.41, 5.74) is 1.17. The van der Waals surface area contributed by atoms with E-state index in [0.717, 1.165) is 25.4 Å². The zero-order valence-electron chi connectivity index (χ0n) is 12.3. The molecule has 0 bridgehead atoms. The number of ether oxygens (including phenoxy) is 1. The molecule has 0 aliphatic carbocycles. The second kappa shape index (κ2) is 7.94. The van der Waals surface area contributed by atoms with Gasteiger partial charge in [0.2, 0.25) is 0 Å². The van der Waals surface area contributed by atoms with Crippen LogP contribution in [0.4, 0.5) is 0 Å². The van der Waals surface area contributed by atoms with Gasteiger partial charge in [-0.25, -0.2) is 0 Å². The average molecular weight is 272 g/mol. The van der Waals surface area contributed by atoms with Gasteiger partial charge in [-0.1, -0.05) is 31.0 Å². The van der Waals surface area contributed by atoms with Crippen molar-refractivity contribution in [2.24, 2.45) is 0 Å². The number of rotatable bonds is 7. The van der Waals surface area contributed by atoms with Crippen LogP contribution in [-0.2, 0) is 6.54 Å². The van der Waals surface area contributed by atoms with Gasteiger partial charge in [0.15, 0.2) is 0 Å². The van der Waals surface area contributed by atoms with Crippen LogP contribution in [0.15, 0.2) is 24.3 Å². The summed E-state index contributed by atoms with van der Waals surface area (Å²) in [7, 11) is 0. The van der Waals surface area contributed by atoms with Gasteiger partial charge in [-0.05, 0) is 32.0 Å². The lowest BCUT2D eigenvalue weighted by Crippen LogP contribution is -2.37. The number of nitrogens with one attached hydrogen (secondary N) is 1. The Morgan fingerprint density at radius 2 is 2.30 bits per heavy atom. The molecule has 0 amide bonds. The van der Waals surface area contributed by atoms with Crippen molar-refractivity contribution in [1.29, 1.82) is 0 Å². The van der Waals surface area contributed by atoms with Crippen LogP contribution in [0.25, 0.3) is 0 Å². The standard InChI is InChI=1S/C17H24N2O/c1-3-12-20-17-10-6-5-8-15(17)13-18-14-16-9-7-11-19(16)4-2/h1,5-6,8,10,16,18H,4,7,9,11-14H2,2H3/t16-/m0/s1. The molecule has 1 fully saturated rings. The first-order chi connectivity index (χ1) is 9.85. The minimum Gasteiger partial charge on any atom is -0.481 e. The molecule has 0 saturated carbocycles. The largest absolute Gasteiger partial charge is 0.481 e. The fraction of sp³-hybridized carbons (Fsp3) is 0.529. The van der Waals surface area contributed by atoms with E-state index >= 15 is 0 Å². The van der Waals surface area contributed by atoms with Crippen molar-refractivity contribution in [2.75, 3.05) is 26.2 Å². The second-order valence-corrected chi connectivity index (χ2v) is 5.16. The molecule has 0 unspecified atom stereocenters. The third kappa shape index (κ3) is 4.00. The predicted octanol–water partition coefficient (Wildman–Crippen LogP) is 2.27. The van der Waals surface area contributed by atoms with E-state index in [0.29, 0.717) is 12.6 Å². The number of benzene rings is 1. The fourth-order valence-corrected chi connectivity index (χ4v) is 2.83. The first kappa shape index (κ1) is 14.9. The molecule has 0 aromatic heterocycles. The van der Waals surface area contributed by atoms with Crippen LogP contribution in [0.1, 0.15) is 25.3 Å². The summed E-state index contributed by atoms with van der Waals surface area (Å²) in [6.07, 6.45) is 7.87. The molecular formula is C17H24N2O. The summed E-state index contributed by atoms with van der Waals surface area (Å²) >= 11 is 0. The molecule has 3 nitrogen and oxygen atoms in total. The number of para-hydroxylation sites is 1. The van der Waals surface area contributed by atoms with Crippen LogP contribution in [0.2, 0.25) is 0 Å². The third-order valence-corrected chi connectivity index (χ3v) is 3.88. The Morgan fingerprint density at radius 1 is 1.45 bits per heavy atom. The first-order valence-corrected chi connectivity index (χ1v) is 7.44. The zero-order valence-corrected chi connectivity index (χ0v) is 12.3. The second-order valence-electron chi connectivity index (χ2n) is 5.16. The van der Waals surface area contributed by atoms with Gasteiger partial charge >= 0.3 is 0 Å². The summed E-state index contributed by atoms with van der Waals surface area (Å²) < 4.78 is 5.56. The minimum atomic E-state index is 0.323. The summed E-state index contributed by atoms with van der Waals surface area (Å²) in [6, 6.07) is 8.75. The maximum Gasteiger partial charge on any atom is 0.148 e. The highest BCUT2D eigenvalue weighted by Crippen LogP contribution is 2.19. The Kier molecular flexibility index (Phi) is 5.91. The van der Waals surface area contributed by atoms with Crippen LogP contribution < -0.4 is 10.1 Å². The molecule has 1 aliphatic rings. The monoisotopic (exact) mass is 272 g/mol. The number of likely N-dealkylation sites (tertiary alicyclic amines) is 1. The van der Waals surface area contributed by atoms with Crippen LogP contribution in [0.5, 0.6) is 5.75 Å². The zero-order chi connectivity index (χ0) is 14.2. The summed E-state index contributed by atoms with van der Waals surface area (Å²) in [4.78, 5) is 2.55. The van der Waals surface area contributed by atoms with E-state index in [4.69, 9.17) is 11.2 Å². The Balaban J connectivity index is 1.83. The molecule has 2 rings (SSSR count). The molecule has 1 N–H and O–H groups in total. The summed E-state index contributed by atoms with van der Waals surface area (Å²) in [5.74, 6) is 3.39. The van der Waals surface area contributed by atoms with Crippen molar-refractivity contribution >= 4 is 0 Å². The topological polar surface area (TPSA) is 24.5 Å². The van der Waals surface area contributed by atoms with Crippen molar-refractivity contribution in [3.05, 3.63) is 29.8 Å². The lowest BCUT2D eigenvalue weighted by Gasteiger charge is -2.23. The van der Waals surface area contributed by atoms with Gasteiger partial charge in [0.05, 0.1) is 0 Å². The van der Waals surface area contributed by atoms with E-state index < -0.39 is 0 Å². The molecular weight excluding hydrogens is 248 g/mol. The lowest BCUT2D eigenvalue weighted by atomic mass is 10.2. The van der Waals surface area contributed by atoms with Gasteiger partial charge in [0.25, 0.3) is 0 Å². The van der Waals surface area contributed by atoms with Crippen molar-refractivity contribution in [2.45, 2.75) is 32.4 Å². The average Bonchev–Trinajstić information content (AvgIpc) is 2.94. The van der Waals surface area contributed by atoms with Crippen molar-refractivity contribution in [1.82, 2.24) is 10.2 Å². The van der Waals surface area contributed by atoms with Crippen molar-refractivity contribution < 1.29 is 4.74 Å². The molecule has 1 saturated heterocycles. The molecule has 1 atom stereocenters. The van der Waals surface area contributed by atoms with Crippen molar-refractivity contribution in [3.8, 4) is 18.1 Å². The van der Waals surface area contributed by atoms with Gasteiger partial charge < -0.3 is 10.1 Å². The van der Waals surface area contributed by atoms with Crippen LogP contribution in [0, 0.1) is 12.3 Å². The SMILES string of the molecule is C#CCOc1ccccc1CNC[C@@H]1CCCN1CC. The van der Waals surface area contributed by atoms with E-state index in [1.165, 1.54) is 24.9 Å². The highest BCUT2D eigenvalue weighted by atomic mass is 16.5. The summed E-state index contributed by atoms with van der Waals surface area (Å²) in [5, 5.41) is 3.55. The maximum atomic E-state index is 5.56. The summed E-state index contributed by atoms with van der Waals surface area (Å²) in [6.45, 7) is 6.82. The molecule has 20 heavy (non-hydrogen) atoms. The Bertz CT molecular complexity index is 453. The van der Waals surface area contributed by atoms with Crippen LogP contribution in [-0.4, -0.2) is 37.2 Å². The van der Waals surface area contributed by atoms with E-state index in [9.17, 15) is 0 Å². The molecule has 0 spiro atoms. The number of likely N-dealkylation sites (N-methyl/N-ethyl adjacent to an activating group) is 1. The molecule has 0 radical (unpaired) electrons. The van der Waals surface area contributed by atoms with E-state index in [1.54, 1.807) is 0 Å². The van der Waals surface area contributed by atoms with E-state index in [2.05, 4.69) is 29.1 Å². The smallest absolute Gasteiger partial charge is 0.148 e. The number of terminal acetylenes is 1. The lowest BCUT2D eigenvalue weighted by molar-refractivity contribution is 0.259. The Morgan fingerprint density at radius 3 is 3.10 bits per heavy atom. The fourth-order valence-electron chi connectivity index (χ4n) is 2.83. The number of hydrogen-bond acceptors (Lipinski definition) is 3. The van der Waals surface area contributed by atoms with Crippen LogP contribution in [0.3, 0.4) is 0 Å². The molecule has 3 heteroatoms. The molecule has 1 heterocycles. The predicted molar refractivity (Wildman–Crippen MR) is 82.7 cm³/mol. The highest BCUT2D eigenvalue weighted by Gasteiger charge is 2.22. The molecule has 1 aliphatic heterocycles. The van der Waals surface area contributed by atoms with Gasteiger partial charge in [0, 0.05) is 24.7 Å². The molecule has 108 valence electrons. The van der Waals surface area contributed by atoms with Gasteiger partial charge in [-0.15, -0.1) is 6.42 Å². The van der Waals surface area contributed by atoms with Crippen LogP contribution >= 0.6 is 0 Å². The van der Waals surface area contributed by atoms with Crippen molar-refractivity contribution in [3.63, 3.8) is 0 Å². The Hall–Kier alpha value is -1.50. The molecule has 1 aromatic rings. The molecule has 1 aromatic carbocycles. The Labute approximate surface area is 122 Å². The maximum absolute atomic E-state index is 5.56.